The van der Waals surface area contributed by atoms with E-state index in [1.54, 1.807) is 20.8 Å². The fourth-order valence-electron chi connectivity index (χ4n) is 0.811. The van der Waals surface area contributed by atoms with Crippen LogP contribution < -0.4 is 0 Å². The zero-order valence-corrected chi connectivity index (χ0v) is 10.1. The molecule has 0 aromatic heterocycles. The van der Waals surface area contributed by atoms with Crippen LogP contribution in [0.5, 0.6) is 0 Å². The molecule has 0 bridgehead atoms. The van der Waals surface area contributed by atoms with Gasteiger partial charge in [0, 0.05) is 5.57 Å². The Kier molecular flexibility index (Phi) is 5.37. The van der Waals surface area contributed by atoms with Crippen LogP contribution in [-0.4, -0.2) is 35.2 Å². The number of carboxylic acids is 1. The summed E-state index contributed by atoms with van der Waals surface area (Å²) in [6, 6.07) is 0. The van der Waals surface area contributed by atoms with Gasteiger partial charge in [0.25, 0.3) is 0 Å². The lowest BCUT2D eigenvalue weighted by molar-refractivity contribution is -0.166. The Labute approximate surface area is 99.2 Å². The van der Waals surface area contributed by atoms with Crippen molar-refractivity contribution in [3.05, 3.63) is 12.2 Å². The summed E-state index contributed by atoms with van der Waals surface area (Å²) in [4.78, 5) is 32.6. The monoisotopic (exact) mass is 244 g/mol. The molecule has 0 saturated heterocycles. The van der Waals surface area contributed by atoms with Crippen molar-refractivity contribution in [3.63, 3.8) is 0 Å². The van der Waals surface area contributed by atoms with Crippen LogP contribution in [0.15, 0.2) is 12.2 Å². The summed E-state index contributed by atoms with van der Waals surface area (Å²) in [6.45, 7) is 7.66. The number of carboxylic acid groups (broad SMARTS) is 1. The molecule has 0 saturated carbocycles. The fraction of sp³-hybridized carbons (Fsp3) is 0.545. The Morgan fingerprint density at radius 2 is 1.71 bits per heavy atom. The molecule has 0 aliphatic heterocycles. The van der Waals surface area contributed by atoms with E-state index in [-0.39, 0.29) is 5.57 Å². The number of esters is 2. The highest BCUT2D eigenvalue weighted by atomic mass is 16.6. The molecule has 0 heterocycles. The molecule has 0 aliphatic rings. The summed E-state index contributed by atoms with van der Waals surface area (Å²) in [5.74, 6) is -2.80. The summed E-state index contributed by atoms with van der Waals surface area (Å²) < 4.78 is 9.42. The van der Waals surface area contributed by atoms with Crippen molar-refractivity contribution in [2.75, 3.05) is 6.61 Å². The van der Waals surface area contributed by atoms with Gasteiger partial charge in [-0.05, 0) is 20.8 Å². The zero-order chi connectivity index (χ0) is 13.6. The van der Waals surface area contributed by atoms with E-state index >= 15 is 0 Å². The Balaban J connectivity index is 3.97. The van der Waals surface area contributed by atoms with Crippen molar-refractivity contribution in [3.8, 4) is 0 Å². The number of hydrogen-bond donors (Lipinski definition) is 1. The molecule has 96 valence electrons. The molecule has 6 heteroatoms. The van der Waals surface area contributed by atoms with E-state index in [2.05, 4.69) is 11.3 Å². The van der Waals surface area contributed by atoms with E-state index in [4.69, 9.17) is 9.84 Å². The first-order valence-electron chi connectivity index (χ1n) is 4.90. The summed E-state index contributed by atoms with van der Waals surface area (Å²) in [5.41, 5.74) is -0.951. The van der Waals surface area contributed by atoms with Gasteiger partial charge < -0.3 is 14.6 Å². The number of ether oxygens (including phenoxy) is 2. The highest BCUT2D eigenvalue weighted by Gasteiger charge is 2.18. The fourth-order valence-corrected chi connectivity index (χ4v) is 0.811. The van der Waals surface area contributed by atoms with Crippen LogP contribution in [0.2, 0.25) is 0 Å². The average molecular weight is 244 g/mol. The third-order valence-electron chi connectivity index (χ3n) is 1.43. The predicted octanol–water partition coefficient (Wildman–Crippen LogP) is 0.902. The first-order chi connectivity index (χ1) is 7.61. The topological polar surface area (TPSA) is 89.9 Å². The zero-order valence-electron chi connectivity index (χ0n) is 10.1. The van der Waals surface area contributed by atoms with Gasteiger partial charge in [-0.3, -0.25) is 4.79 Å². The van der Waals surface area contributed by atoms with Gasteiger partial charge >= 0.3 is 17.9 Å². The average Bonchev–Trinajstić information content (AvgIpc) is 2.11. The van der Waals surface area contributed by atoms with Gasteiger partial charge in [0.2, 0.25) is 0 Å². The van der Waals surface area contributed by atoms with Gasteiger partial charge in [0.15, 0.2) is 6.61 Å². The molecule has 0 radical (unpaired) electrons. The highest BCUT2D eigenvalue weighted by molar-refractivity contribution is 5.92. The van der Waals surface area contributed by atoms with Gasteiger partial charge in [-0.1, -0.05) is 6.58 Å². The standard InChI is InChI=1S/C11H16O6/c1-7(10(14)15)5-8(12)16-6-9(13)17-11(2,3)4/h1,5-6H2,2-4H3,(H,14,15). The molecule has 0 spiro atoms. The minimum atomic E-state index is -1.28. The number of aliphatic carboxylic acids is 1. The first-order valence-corrected chi connectivity index (χ1v) is 4.90. The normalized spacial score (nSPS) is 10.5. The van der Waals surface area contributed by atoms with Crippen molar-refractivity contribution in [1.82, 2.24) is 0 Å². The van der Waals surface area contributed by atoms with Crippen LogP contribution in [-0.2, 0) is 23.9 Å². The Morgan fingerprint density at radius 3 is 2.12 bits per heavy atom. The molecular weight excluding hydrogens is 228 g/mol. The lowest BCUT2D eigenvalue weighted by Gasteiger charge is -2.19. The number of carbonyl (C=O) groups is 3. The molecule has 0 atom stereocenters. The third-order valence-corrected chi connectivity index (χ3v) is 1.43. The van der Waals surface area contributed by atoms with E-state index < -0.39 is 36.5 Å². The summed E-state index contributed by atoms with van der Waals surface area (Å²) >= 11 is 0. The smallest absolute Gasteiger partial charge is 0.344 e. The van der Waals surface area contributed by atoms with E-state index in [1.807, 2.05) is 0 Å². The lowest BCUT2D eigenvalue weighted by Crippen LogP contribution is -2.27. The van der Waals surface area contributed by atoms with Gasteiger partial charge in [0.1, 0.15) is 5.60 Å². The van der Waals surface area contributed by atoms with Crippen LogP contribution in [0.3, 0.4) is 0 Å². The second-order valence-electron chi connectivity index (χ2n) is 4.33. The van der Waals surface area contributed by atoms with Crippen molar-refractivity contribution in [1.29, 1.82) is 0 Å². The molecule has 0 fully saturated rings. The van der Waals surface area contributed by atoms with Crippen molar-refractivity contribution in [2.24, 2.45) is 0 Å². The first kappa shape index (κ1) is 15.2. The molecule has 0 aromatic rings. The Morgan fingerprint density at radius 1 is 1.18 bits per heavy atom. The second-order valence-corrected chi connectivity index (χ2v) is 4.33. The van der Waals surface area contributed by atoms with Crippen LogP contribution >= 0.6 is 0 Å². The van der Waals surface area contributed by atoms with Crippen molar-refractivity contribution in [2.45, 2.75) is 32.8 Å². The van der Waals surface area contributed by atoms with Crippen LogP contribution in [0, 0.1) is 0 Å². The van der Waals surface area contributed by atoms with Crippen molar-refractivity contribution < 1.29 is 29.0 Å². The maximum atomic E-state index is 11.1. The van der Waals surface area contributed by atoms with Gasteiger partial charge in [0.05, 0.1) is 6.42 Å². The number of rotatable bonds is 5. The van der Waals surface area contributed by atoms with E-state index in [0.29, 0.717) is 0 Å². The number of hydrogen-bond acceptors (Lipinski definition) is 5. The van der Waals surface area contributed by atoms with Crippen LogP contribution in [0.25, 0.3) is 0 Å². The lowest BCUT2D eigenvalue weighted by atomic mass is 10.2. The largest absolute Gasteiger partial charge is 0.478 e. The van der Waals surface area contributed by atoms with Gasteiger partial charge in [-0.15, -0.1) is 0 Å². The van der Waals surface area contributed by atoms with Crippen LogP contribution in [0.1, 0.15) is 27.2 Å². The Bertz CT molecular complexity index is 336. The summed E-state index contributed by atoms with van der Waals surface area (Å²) in [5, 5.41) is 8.46. The maximum Gasteiger partial charge on any atom is 0.344 e. The molecule has 6 nitrogen and oxygen atoms in total. The highest BCUT2D eigenvalue weighted by Crippen LogP contribution is 2.07. The van der Waals surface area contributed by atoms with Gasteiger partial charge in [-0.25, -0.2) is 9.59 Å². The molecule has 1 N–H and O–H groups in total. The van der Waals surface area contributed by atoms with E-state index in [1.165, 1.54) is 0 Å². The van der Waals surface area contributed by atoms with Crippen molar-refractivity contribution >= 4 is 17.9 Å². The second kappa shape index (κ2) is 6.03. The predicted molar refractivity (Wildman–Crippen MR) is 58.2 cm³/mol. The molecule has 0 aromatic carbocycles. The molecule has 0 amide bonds. The summed E-state index contributed by atoms with van der Waals surface area (Å²) in [7, 11) is 0. The maximum absolute atomic E-state index is 11.1. The Hall–Kier alpha value is -1.85. The van der Waals surface area contributed by atoms with E-state index in [9.17, 15) is 14.4 Å². The minimum Gasteiger partial charge on any atom is -0.478 e. The molecule has 0 rings (SSSR count). The molecule has 17 heavy (non-hydrogen) atoms. The molecule has 0 aliphatic carbocycles. The van der Waals surface area contributed by atoms with Gasteiger partial charge in [-0.2, -0.15) is 0 Å². The van der Waals surface area contributed by atoms with E-state index in [0.717, 1.165) is 0 Å². The molecular formula is C11H16O6. The summed E-state index contributed by atoms with van der Waals surface area (Å²) in [6.07, 6.45) is -0.460. The molecule has 0 unspecified atom stereocenters. The SMILES string of the molecule is C=C(CC(=O)OCC(=O)OC(C)(C)C)C(=O)O. The minimum absolute atomic E-state index is 0.292. The number of carbonyl (C=O) groups excluding carboxylic acids is 2. The quantitative estimate of drug-likeness (QED) is 0.571. The van der Waals surface area contributed by atoms with Crippen LogP contribution in [0.4, 0.5) is 0 Å². The third kappa shape index (κ3) is 8.01.